The molecule has 1 aromatic carbocycles. The molecule has 0 aliphatic heterocycles. The lowest BCUT2D eigenvalue weighted by atomic mass is 9.82. The smallest absolute Gasteiger partial charge is 0.307 e. The molecule has 0 saturated heterocycles. The Morgan fingerprint density at radius 2 is 1.88 bits per heavy atom. The first kappa shape index (κ1) is 12.4. The molecule has 0 heterocycles. The molecule has 2 unspecified atom stereocenters. The quantitative estimate of drug-likeness (QED) is 0.805. The average molecular weight is 253 g/mol. The van der Waals surface area contributed by atoms with Crippen LogP contribution in [0.5, 0.6) is 0 Å². The summed E-state index contributed by atoms with van der Waals surface area (Å²) in [5, 5.41) is 10.0. The summed E-state index contributed by atoms with van der Waals surface area (Å²) in [4.78, 5) is 11.4. The summed E-state index contributed by atoms with van der Waals surface area (Å²) in [6, 6.07) is 7.64. The second kappa shape index (κ2) is 5.54. The number of aliphatic carboxylic acids is 1. The minimum absolute atomic E-state index is 0.0729. The Labute approximate surface area is 107 Å². The van der Waals surface area contributed by atoms with Gasteiger partial charge in [0.15, 0.2) is 0 Å². The molecule has 1 saturated carbocycles. The van der Waals surface area contributed by atoms with E-state index >= 15 is 0 Å². The van der Waals surface area contributed by atoms with Gasteiger partial charge in [-0.15, -0.1) is 0 Å². The normalized spacial score (nSPS) is 25.2. The Bertz CT molecular complexity index is 403. The highest BCUT2D eigenvalue weighted by molar-refractivity contribution is 6.31. The number of hydrogen-bond donors (Lipinski definition) is 1. The molecule has 17 heavy (non-hydrogen) atoms. The predicted octanol–water partition coefficient (Wildman–Crippen LogP) is 4.09. The first-order chi connectivity index (χ1) is 8.20. The van der Waals surface area contributed by atoms with Crippen LogP contribution in [-0.4, -0.2) is 11.1 Å². The molecule has 1 fully saturated rings. The molecule has 0 aromatic heterocycles. The maximum absolute atomic E-state index is 11.4. The van der Waals surface area contributed by atoms with Crippen molar-refractivity contribution in [1.82, 2.24) is 0 Å². The Morgan fingerprint density at radius 1 is 1.18 bits per heavy atom. The van der Waals surface area contributed by atoms with E-state index in [2.05, 4.69) is 0 Å². The second-order valence-corrected chi connectivity index (χ2v) is 5.12. The van der Waals surface area contributed by atoms with E-state index in [0.29, 0.717) is 5.02 Å². The number of carbonyl (C=O) groups is 1. The van der Waals surface area contributed by atoms with Crippen LogP contribution in [0.3, 0.4) is 0 Å². The maximum atomic E-state index is 11.4. The molecule has 1 aliphatic rings. The number of carboxylic acids is 1. The second-order valence-electron chi connectivity index (χ2n) is 4.71. The molecule has 1 N–H and O–H groups in total. The SMILES string of the molecule is O=C(O)C1CCCCCC1c1ccccc1Cl. The molecule has 3 heteroatoms. The highest BCUT2D eigenvalue weighted by Crippen LogP contribution is 2.39. The van der Waals surface area contributed by atoms with E-state index in [4.69, 9.17) is 11.6 Å². The number of hydrogen-bond acceptors (Lipinski definition) is 1. The van der Waals surface area contributed by atoms with Crippen molar-refractivity contribution in [2.75, 3.05) is 0 Å². The van der Waals surface area contributed by atoms with Crippen LogP contribution < -0.4 is 0 Å². The first-order valence-corrected chi connectivity index (χ1v) is 6.55. The van der Waals surface area contributed by atoms with Crippen LogP contribution in [0.25, 0.3) is 0 Å². The third-order valence-corrected chi connectivity index (χ3v) is 3.98. The van der Waals surface area contributed by atoms with E-state index in [-0.39, 0.29) is 11.8 Å². The molecular weight excluding hydrogens is 236 g/mol. The van der Waals surface area contributed by atoms with Gasteiger partial charge < -0.3 is 5.11 Å². The highest BCUT2D eigenvalue weighted by Gasteiger charge is 2.31. The summed E-state index contributed by atoms with van der Waals surface area (Å²) in [5.41, 5.74) is 1.00. The van der Waals surface area contributed by atoms with Crippen LogP contribution >= 0.6 is 11.6 Å². The van der Waals surface area contributed by atoms with Crippen molar-refractivity contribution in [2.45, 2.75) is 38.0 Å². The molecule has 2 nitrogen and oxygen atoms in total. The lowest BCUT2D eigenvalue weighted by Crippen LogP contribution is -2.21. The number of carboxylic acid groups (broad SMARTS) is 1. The van der Waals surface area contributed by atoms with Gasteiger partial charge in [-0.3, -0.25) is 4.79 Å². The van der Waals surface area contributed by atoms with Crippen LogP contribution in [0, 0.1) is 5.92 Å². The minimum Gasteiger partial charge on any atom is -0.481 e. The zero-order valence-corrected chi connectivity index (χ0v) is 10.5. The van der Waals surface area contributed by atoms with Crippen LogP contribution in [0.15, 0.2) is 24.3 Å². The standard InChI is InChI=1S/C14H17ClO2/c15-13-9-5-4-7-11(13)10-6-2-1-3-8-12(10)14(16)17/h4-5,7,9-10,12H,1-3,6,8H2,(H,16,17). The monoisotopic (exact) mass is 252 g/mol. The largest absolute Gasteiger partial charge is 0.481 e. The van der Waals surface area contributed by atoms with Gasteiger partial charge in [0.25, 0.3) is 0 Å². The van der Waals surface area contributed by atoms with E-state index < -0.39 is 5.97 Å². The average Bonchev–Trinajstić information content (AvgIpc) is 2.55. The van der Waals surface area contributed by atoms with E-state index in [1.54, 1.807) is 0 Å². The van der Waals surface area contributed by atoms with Crippen LogP contribution in [0.4, 0.5) is 0 Å². The van der Waals surface area contributed by atoms with Gasteiger partial charge in [0.05, 0.1) is 5.92 Å². The lowest BCUT2D eigenvalue weighted by Gasteiger charge is -2.22. The fourth-order valence-corrected chi connectivity index (χ4v) is 3.03. The van der Waals surface area contributed by atoms with Crippen molar-refractivity contribution < 1.29 is 9.90 Å². The molecule has 92 valence electrons. The predicted molar refractivity (Wildman–Crippen MR) is 68.4 cm³/mol. The summed E-state index contributed by atoms with van der Waals surface area (Å²) < 4.78 is 0. The van der Waals surface area contributed by atoms with Gasteiger partial charge in [0.2, 0.25) is 0 Å². The fraction of sp³-hybridized carbons (Fsp3) is 0.500. The number of benzene rings is 1. The van der Waals surface area contributed by atoms with Crippen molar-refractivity contribution >= 4 is 17.6 Å². The van der Waals surface area contributed by atoms with Crippen molar-refractivity contribution in [3.8, 4) is 0 Å². The Hall–Kier alpha value is -1.02. The van der Waals surface area contributed by atoms with E-state index in [0.717, 1.165) is 37.7 Å². The van der Waals surface area contributed by atoms with Crippen molar-refractivity contribution in [3.05, 3.63) is 34.9 Å². The number of halogens is 1. The Morgan fingerprint density at radius 3 is 2.59 bits per heavy atom. The zero-order chi connectivity index (χ0) is 12.3. The summed E-state index contributed by atoms with van der Waals surface area (Å²) in [6.07, 6.45) is 4.94. The van der Waals surface area contributed by atoms with Gasteiger partial charge in [0, 0.05) is 5.02 Å². The van der Waals surface area contributed by atoms with Crippen LogP contribution in [0.2, 0.25) is 5.02 Å². The molecule has 1 aromatic rings. The van der Waals surface area contributed by atoms with Gasteiger partial charge in [-0.05, 0) is 30.4 Å². The lowest BCUT2D eigenvalue weighted by molar-refractivity contribution is -0.142. The molecule has 2 atom stereocenters. The highest BCUT2D eigenvalue weighted by atomic mass is 35.5. The summed E-state index contributed by atoms with van der Waals surface area (Å²) in [6.45, 7) is 0. The molecule has 0 spiro atoms. The van der Waals surface area contributed by atoms with E-state index in [9.17, 15) is 9.90 Å². The maximum Gasteiger partial charge on any atom is 0.307 e. The molecule has 0 amide bonds. The third-order valence-electron chi connectivity index (χ3n) is 3.64. The number of rotatable bonds is 2. The summed E-state index contributed by atoms with van der Waals surface area (Å²) in [7, 11) is 0. The van der Waals surface area contributed by atoms with Crippen molar-refractivity contribution in [1.29, 1.82) is 0 Å². The van der Waals surface area contributed by atoms with Gasteiger partial charge in [0.1, 0.15) is 0 Å². The van der Waals surface area contributed by atoms with Crippen molar-refractivity contribution in [3.63, 3.8) is 0 Å². The third kappa shape index (κ3) is 2.81. The summed E-state index contributed by atoms with van der Waals surface area (Å²) in [5.74, 6) is -0.891. The van der Waals surface area contributed by atoms with Crippen LogP contribution in [-0.2, 0) is 4.79 Å². The Kier molecular flexibility index (Phi) is 4.06. The summed E-state index contributed by atoms with van der Waals surface area (Å²) >= 11 is 6.19. The molecule has 2 rings (SSSR count). The van der Waals surface area contributed by atoms with Gasteiger partial charge >= 0.3 is 5.97 Å². The Balaban J connectivity index is 2.32. The van der Waals surface area contributed by atoms with Crippen molar-refractivity contribution in [2.24, 2.45) is 5.92 Å². The van der Waals surface area contributed by atoms with Gasteiger partial charge in [-0.1, -0.05) is 49.1 Å². The zero-order valence-electron chi connectivity index (χ0n) is 9.73. The van der Waals surface area contributed by atoms with E-state index in [1.807, 2.05) is 24.3 Å². The first-order valence-electron chi connectivity index (χ1n) is 6.17. The van der Waals surface area contributed by atoms with E-state index in [1.165, 1.54) is 0 Å². The topological polar surface area (TPSA) is 37.3 Å². The fourth-order valence-electron chi connectivity index (χ4n) is 2.75. The van der Waals surface area contributed by atoms with Gasteiger partial charge in [-0.25, -0.2) is 0 Å². The molecule has 0 radical (unpaired) electrons. The van der Waals surface area contributed by atoms with Crippen LogP contribution in [0.1, 0.15) is 43.6 Å². The molecule has 1 aliphatic carbocycles. The minimum atomic E-state index is -0.684. The van der Waals surface area contributed by atoms with Gasteiger partial charge in [-0.2, -0.15) is 0 Å². The molecular formula is C14H17ClO2. The molecule has 0 bridgehead atoms.